The van der Waals surface area contributed by atoms with Crippen molar-refractivity contribution in [2.45, 2.75) is 38.8 Å². The highest BCUT2D eigenvalue weighted by Gasteiger charge is 2.36. The molecule has 2 heterocycles. The lowest BCUT2D eigenvalue weighted by atomic mass is 10.0. The predicted molar refractivity (Wildman–Crippen MR) is 169 cm³/mol. The number of hydrogen-bond donors (Lipinski definition) is 5. The second-order valence-corrected chi connectivity index (χ2v) is 12.2. The highest BCUT2D eigenvalue weighted by atomic mass is 31.2. The van der Waals surface area contributed by atoms with Gasteiger partial charge in [0.2, 0.25) is 5.95 Å². The number of amides is 1. The molecule has 0 aliphatic rings. The zero-order valence-electron chi connectivity index (χ0n) is 25.8. The smallest absolute Gasteiger partial charge is 0.394 e. The first-order valence-electron chi connectivity index (χ1n) is 14.5. The molecule has 4 rings (SSSR count). The minimum absolute atomic E-state index is 0.0290. The van der Waals surface area contributed by atoms with Gasteiger partial charge in [0.05, 0.1) is 56.1 Å². The lowest BCUT2D eigenvalue weighted by Crippen LogP contribution is -2.20. The largest absolute Gasteiger partial charge is 0.421 e. The molecule has 1 amide bonds. The molecule has 17 heteroatoms. The second kappa shape index (κ2) is 15.5. The number of anilines is 4. The first-order chi connectivity index (χ1) is 22.4. The van der Waals surface area contributed by atoms with Crippen LogP contribution in [0.15, 0.2) is 61.1 Å². The van der Waals surface area contributed by atoms with E-state index in [-0.39, 0.29) is 43.1 Å². The summed E-state index contributed by atoms with van der Waals surface area (Å²) in [6.07, 6.45) is -2.07. The number of alkyl halides is 3. The van der Waals surface area contributed by atoms with Crippen LogP contribution in [0.3, 0.4) is 0 Å². The molecule has 0 unspecified atom stereocenters. The van der Waals surface area contributed by atoms with Crippen molar-refractivity contribution in [2.24, 2.45) is 0 Å². The number of rotatable bonds is 15. The normalized spacial score (nSPS) is 12.5. The van der Waals surface area contributed by atoms with Gasteiger partial charge in [-0.15, -0.1) is 0 Å². The van der Waals surface area contributed by atoms with Gasteiger partial charge < -0.3 is 35.2 Å². The van der Waals surface area contributed by atoms with E-state index in [2.05, 4.69) is 31.0 Å². The Bertz CT molecular complexity index is 1710. The standard InChI is InChI=1S/C30H35F3N7O6P/c1-4-45-47(44,46-5-2)18-19-6-9-22(10-7-19)37-29-35-14-25(30(31,32)33)27(39-29)38-26-11-8-20(12-24(26)28(43)34-3)21-13-36-40(15-21)16-23(42)17-41/h6-15,23,41-42H,4-5,16-18H2,1-3H3,(H,34,43)(H2,35,37,38,39)/t23-/m0/s1. The van der Waals surface area contributed by atoms with E-state index in [0.29, 0.717) is 28.6 Å². The molecule has 13 nitrogen and oxygen atoms in total. The molecular formula is C30H35F3N7O6P. The molecule has 2 aromatic heterocycles. The summed E-state index contributed by atoms with van der Waals surface area (Å²) < 4.78 is 67.0. The van der Waals surface area contributed by atoms with Gasteiger partial charge >= 0.3 is 13.8 Å². The third-order valence-electron chi connectivity index (χ3n) is 6.65. The van der Waals surface area contributed by atoms with E-state index >= 15 is 0 Å². The van der Waals surface area contributed by atoms with Crippen LogP contribution in [0, 0.1) is 0 Å². The third kappa shape index (κ3) is 9.36. The van der Waals surface area contributed by atoms with Crippen molar-refractivity contribution in [1.82, 2.24) is 25.1 Å². The first-order valence-corrected chi connectivity index (χ1v) is 16.2. The van der Waals surface area contributed by atoms with Crippen LogP contribution >= 0.6 is 7.60 Å². The maximum atomic E-state index is 14.0. The number of aromatic nitrogens is 4. The molecule has 252 valence electrons. The van der Waals surface area contributed by atoms with E-state index in [1.807, 2.05) is 0 Å². The number of nitrogens with zero attached hydrogens (tertiary/aromatic N) is 4. The predicted octanol–water partition coefficient (Wildman–Crippen LogP) is 5.33. The third-order valence-corrected chi connectivity index (χ3v) is 8.71. The lowest BCUT2D eigenvalue weighted by molar-refractivity contribution is -0.137. The SMILES string of the molecule is CCOP(=O)(Cc1ccc(Nc2ncc(C(F)(F)F)c(Nc3ccc(-c4cnn(C[C@H](O)CO)c4)cc3C(=O)NC)n2)cc1)OCC. The Labute approximate surface area is 268 Å². The fourth-order valence-electron chi connectivity index (χ4n) is 4.48. The summed E-state index contributed by atoms with van der Waals surface area (Å²) in [4.78, 5) is 20.8. The maximum absolute atomic E-state index is 14.0. The summed E-state index contributed by atoms with van der Waals surface area (Å²) in [6.45, 7) is 3.46. The highest BCUT2D eigenvalue weighted by molar-refractivity contribution is 7.53. The Morgan fingerprint density at radius 2 is 1.74 bits per heavy atom. The number of aliphatic hydroxyl groups excluding tert-OH is 2. The molecule has 0 saturated carbocycles. The van der Waals surface area contributed by atoms with Crippen molar-refractivity contribution in [1.29, 1.82) is 0 Å². The maximum Gasteiger partial charge on any atom is 0.421 e. The number of halogens is 3. The molecule has 0 bridgehead atoms. The van der Waals surface area contributed by atoms with Crippen LogP contribution in [-0.2, 0) is 32.5 Å². The minimum Gasteiger partial charge on any atom is -0.394 e. The van der Waals surface area contributed by atoms with E-state index in [0.717, 1.165) is 0 Å². The highest BCUT2D eigenvalue weighted by Crippen LogP contribution is 2.51. The summed E-state index contributed by atoms with van der Waals surface area (Å²) in [5.41, 5.74) is 1.13. The molecule has 47 heavy (non-hydrogen) atoms. The van der Waals surface area contributed by atoms with Crippen molar-refractivity contribution in [2.75, 3.05) is 37.5 Å². The quantitative estimate of drug-likeness (QED) is 0.103. The van der Waals surface area contributed by atoms with Gasteiger partial charge in [0.1, 0.15) is 11.4 Å². The summed E-state index contributed by atoms with van der Waals surface area (Å²) in [5, 5.41) is 30.9. The molecule has 0 radical (unpaired) electrons. The van der Waals surface area contributed by atoms with Gasteiger partial charge in [0.15, 0.2) is 0 Å². The van der Waals surface area contributed by atoms with Crippen LogP contribution in [-0.4, -0.2) is 68.8 Å². The molecule has 4 aromatic rings. The monoisotopic (exact) mass is 677 g/mol. The zero-order valence-corrected chi connectivity index (χ0v) is 26.7. The lowest BCUT2D eigenvalue weighted by Gasteiger charge is -2.18. The number of aliphatic hydroxyl groups is 2. The number of nitrogens with one attached hydrogen (secondary N) is 3. The number of benzene rings is 2. The Kier molecular flexibility index (Phi) is 11.7. The molecule has 0 aliphatic carbocycles. The average Bonchev–Trinajstić information content (AvgIpc) is 3.49. The molecule has 1 atom stereocenters. The van der Waals surface area contributed by atoms with Gasteiger partial charge in [0, 0.05) is 30.7 Å². The van der Waals surface area contributed by atoms with Crippen molar-refractivity contribution < 1.29 is 41.8 Å². The van der Waals surface area contributed by atoms with E-state index in [9.17, 15) is 27.6 Å². The van der Waals surface area contributed by atoms with Crippen LogP contribution in [0.25, 0.3) is 11.1 Å². The van der Waals surface area contributed by atoms with E-state index in [4.69, 9.17) is 14.2 Å². The number of hydrogen-bond acceptors (Lipinski definition) is 11. The molecule has 0 aliphatic heterocycles. The van der Waals surface area contributed by atoms with Gasteiger partial charge in [-0.05, 0) is 49.2 Å². The average molecular weight is 678 g/mol. The van der Waals surface area contributed by atoms with Gasteiger partial charge in [-0.2, -0.15) is 23.3 Å². The molecule has 0 saturated heterocycles. The Morgan fingerprint density at radius 3 is 2.36 bits per heavy atom. The summed E-state index contributed by atoms with van der Waals surface area (Å²) in [6, 6.07) is 11.1. The van der Waals surface area contributed by atoms with E-state index < -0.39 is 43.8 Å². The Balaban J connectivity index is 1.61. The Hall–Kier alpha value is -4.34. The topological polar surface area (TPSA) is 173 Å². The van der Waals surface area contributed by atoms with Crippen molar-refractivity contribution in [3.63, 3.8) is 0 Å². The molecule has 5 N–H and O–H groups in total. The summed E-state index contributed by atoms with van der Waals surface area (Å²) >= 11 is 0. The van der Waals surface area contributed by atoms with Crippen LogP contribution in [0.5, 0.6) is 0 Å². The van der Waals surface area contributed by atoms with Crippen LogP contribution in [0.1, 0.15) is 35.3 Å². The van der Waals surface area contributed by atoms with Gasteiger partial charge in [0.25, 0.3) is 5.91 Å². The van der Waals surface area contributed by atoms with Gasteiger partial charge in [-0.3, -0.25) is 14.0 Å². The molecule has 0 fully saturated rings. The summed E-state index contributed by atoms with van der Waals surface area (Å²) in [5.74, 6) is -1.32. The molecule has 2 aromatic carbocycles. The fourth-order valence-corrected chi connectivity index (χ4v) is 6.18. The number of carbonyl (C=O) groups is 1. The van der Waals surface area contributed by atoms with Gasteiger partial charge in [-0.1, -0.05) is 18.2 Å². The van der Waals surface area contributed by atoms with E-state index in [1.54, 1.807) is 50.4 Å². The van der Waals surface area contributed by atoms with Crippen LogP contribution in [0.4, 0.5) is 36.3 Å². The van der Waals surface area contributed by atoms with Crippen molar-refractivity contribution in [3.05, 3.63) is 77.7 Å². The molecular weight excluding hydrogens is 642 g/mol. The van der Waals surface area contributed by atoms with E-state index in [1.165, 1.54) is 30.1 Å². The van der Waals surface area contributed by atoms with Crippen LogP contribution < -0.4 is 16.0 Å². The second-order valence-electron chi connectivity index (χ2n) is 10.1. The van der Waals surface area contributed by atoms with Gasteiger partial charge in [-0.25, -0.2) is 4.98 Å². The van der Waals surface area contributed by atoms with Crippen LogP contribution in [0.2, 0.25) is 0 Å². The minimum atomic E-state index is -4.82. The first kappa shape index (κ1) is 35.5. The molecule has 0 spiro atoms. The van der Waals surface area contributed by atoms with Crippen molar-refractivity contribution >= 4 is 36.6 Å². The number of carbonyl (C=O) groups excluding carboxylic acids is 1. The fraction of sp³-hybridized carbons (Fsp3) is 0.333. The zero-order chi connectivity index (χ0) is 34.2. The Morgan fingerprint density at radius 1 is 1.04 bits per heavy atom. The van der Waals surface area contributed by atoms with Crippen molar-refractivity contribution in [3.8, 4) is 11.1 Å². The summed E-state index contributed by atoms with van der Waals surface area (Å²) in [7, 11) is -1.95.